The lowest BCUT2D eigenvalue weighted by Crippen LogP contribution is -2.37. The molecule has 0 saturated carbocycles. The summed E-state index contributed by atoms with van der Waals surface area (Å²) in [7, 11) is 0. The Hall–Kier alpha value is -1.75. The predicted octanol–water partition coefficient (Wildman–Crippen LogP) is 2.27. The molecule has 0 spiro atoms. The van der Waals surface area contributed by atoms with E-state index in [2.05, 4.69) is 25.0 Å². The molecule has 0 aliphatic heterocycles. The van der Waals surface area contributed by atoms with Gasteiger partial charge in [0, 0.05) is 12.5 Å². The Morgan fingerprint density at radius 3 is 2.50 bits per heavy atom. The highest BCUT2D eigenvalue weighted by atomic mass is 16.2. The smallest absolute Gasteiger partial charge is 0.227 e. The summed E-state index contributed by atoms with van der Waals surface area (Å²) in [5.41, 5.74) is 2.63. The van der Waals surface area contributed by atoms with Crippen molar-refractivity contribution >= 4 is 5.91 Å². The maximum absolute atomic E-state index is 12.4. The van der Waals surface area contributed by atoms with Crippen LogP contribution < -0.4 is 0 Å². The molecule has 0 heterocycles. The second-order valence-electron chi connectivity index (χ2n) is 4.84. The number of benzene rings is 1. The maximum Gasteiger partial charge on any atom is 0.227 e. The van der Waals surface area contributed by atoms with Crippen molar-refractivity contribution in [3.8, 4) is 12.3 Å². The summed E-state index contributed by atoms with van der Waals surface area (Å²) in [4.78, 5) is 14.2. The zero-order valence-electron chi connectivity index (χ0n) is 10.9. The molecule has 1 amide bonds. The molecule has 1 aliphatic carbocycles. The number of carbonyl (C=O) groups is 1. The highest BCUT2D eigenvalue weighted by Crippen LogP contribution is 2.27. The highest BCUT2D eigenvalue weighted by Gasteiger charge is 2.29. The van der Waals surface area contributed by atoms with Gasteiger partial charge in [0.15, 0.2) is 0 Å². The van der Waals surface area contributed by atoms with Crippen LogP contribution in [-0.4, -0.2) is 23.9 Å². The predicted molar refractivity (Wildman–Crippen MR) is 73.0 cm³/mol. The van der Waals surface area contributed by atoms with E-state index in [9.17, 15) is 4.79 Å². The number of nitrogens with zero attached hydrogens (tertiary/aromatic N) is 1. The van der Waals surface area contributed by atoms with Gasteiger partial charge in [0.05, 0.1) is 6.54 Å². The van der Waals surface area contributed by atoms with Crippen LogP contribution in [0.5, 0.6) is 0 Å². The summed E-state index contributed by atoms with van der Waals surface area (Å²) < 4.78 is 0. The van der Waals surface area contributed by atoms with Gasteiger partial charge in [-0.25, -0.2) is 0 Å². The van der Waals surface area contributed by atoms with Gasteiger partial charge in [-0.05, 0) is 30.4 Å². The monoisotopic (exact) mass is 241 g/mol. The van der Waals surface area contributed by atoms with E-state index in [4.69, 9.17) is 6.42 Å². The van der Waals surface area contributed by atoms with Crippen LogP contribution in [0.4, 0.5) is 0 Å². The first-order chi connectivity index (χ1) is 8.76. The normalized spacial score (nSPS) is 14.0. The molecular formula is C16H19NO. The molecule has 0 radical (unpaired) electrons. The summed E-state index contributed by atoms with van der Waals surface area (Å²) in [6, 6.07) is 8.32. The number of hydrogen-bond acceptors (Lipinski definition) is 1. The summed E-state index contributed by atoms with van der Waals surface area (Å²) in [6.07, 6.45) is 8.01. The average molecular weight is 241 g/mol. The minimum Gasteiger partial charge on any atom is -0.331 e. The zero-order chi connectivity index (χ0) is 13.0. The van der Waals surface area contributed by atoms with E-state index < -0.39 is 0 Å². The van der Waals surface area contributed by atoms with E-state index in [1.165, 1.54) is 11.1 Å². The fourth-order valence-electron chi connectivity index (χ4n) is 2.64. The van der Waals surface area contributed by atoms with E-state index in [0.717, 1.165) is 25.8 Å². The number of rotatable bonds is 4. The molecule has 2 nitrogen and oxygen atoms in total. The Morgan fingerprint density at radius 2 is 2.00 bits per heavy atom. The third-order valence-corrected chi connectivity index (χ3v) is 3.49. The molecule has 0 unspecified atom stereocenters. The Balaban J connectivity index is 2.06. The molecule has 94 valence electrons. The molecular weight excluding hydrogens is 222 g/mol. The van der Waals surface area contributed by atoms with Gasteiger partial charge in [-0.3, -0.25) is 4.79 Å². The summed E-state index contributed by atoms with van der Waals surface area (Å²) in [6.45, 7) is 3.26. The molecule has 18 heavy (non-hydrogen) atoms. The van der Waals surface area contributed by atoms with Crippen molar-refractivity contribution in [2.75, 3.05) is 13.1 Å². The third-order valence-electron chi connectivity index (χ3n) is 3.49. The van der Waals surface area contributed by atoms with Crippen molar-refractivity contribution in [2.45, 2.75) is 26.2 Å². The van der Waals surface area contributed by atoms with Crippen LogP contribution in [0.3, 0.4) is 0 Å². The van der Waals surface area contributed by atoms with Crippen LogP contribution in [0.15, 0.2) is 24.3 Å². The minimum atomic E-state index is 0.0855. The number of fused-ring (bicyclic) bond motifs is 1. The molecule has 1 aliphatic rings. The van der Waals surface area contributed by atoms with Crippen LogP contribution in [0, 0.1) is 18.3 Å². The van der Waals surface area contributed by atoms with Gasteiger partial charge >= 0.3 is 0 Å². The number of hydrogen-bond donors (Lipinski definition) is 0. The molecule has 0 fully saturated rings. The average Bonchev–Trinajstić information content (AvgIpc) is 2.81. The third kappa shape index (κ3) is 2.56. The van der Waals surface area contributed by atoms with Crippen molar-refractivity contribution in [2.24, 2.45) is 5.92 Å². The molecule has 0 saturated heterocycles. The van der Waals surface area contributed by atoms with Gasteiger partial charge in [-0.15, -0.1) is 6.42 Å². The maximum atomic E-state index is 12.4. The van der Waals surface area contributed by atoms with Gasteiger partial charge in [0.25, 0.3) is 0 Å². The van der Waals surface area contributed by atoms with Gasteiger partial charge in [-0.2, -0.15) is 0 Å². The van der Waals surface area contributed by atoms with Crippen molar-refractivity contribution in [1.82, 2.24) is 4.90 Å². The van der Waals surface area contributed by atoms with Crippen LogP contribution in [0.2, 0.25) is 0 Å². The van der Waals surface area contributed by atoms with Crippen LogP contribution >= 0.6 is 0 Å². The zero-order valence-corrected chi connectivity index (χ0v) is 10.9. The van der Waals surface area contributed by atoms with Crippen molar-refractivity contribution in [1.29, 1.82) is 0 Å². The molecule has 1 aromatic rings. The lowest BCUT2D eigenvalue weighted by Gasteiger charge is -2.22. The summed E-state index contributed by atoms with van der Waals surface area (Å²) in [5, 5.41) is 0. The lowest BCUT2D eigenvalue weighted by atomic mass is 10.0. The van der Waals surface area contributed by atoms with E-state index >= 15 is 0 Å². The second kappa shape index (κ2) is 5.73. The Bertz CT molecular complexity index is 447. The largest absolute Gasteiger partial charge is 0.331 e. The first-order valence-corrected chi connectivity index (χ1v) is 6.55. The Morgan fingerprint density at radius 1 is 1.39 bits per heavy atom. The molecule has 1 aromatic carbocycles. The van der Waals surface area contributed by atoms with Crippen LogP contribution in [0.1, 0.15) is 24.5 Å². The van der Waals surface area contributed by atoms with Gasteiger partial charge in [-0.1, -0.05) is 37.1 Å². The van der Waals surface area contributed by atoms with Crippen molar-refractivity contribution in [3.63, 3.8) is 0 Å². The number of carbonyl (C=O) groups excluding carboxylic acids is 1. The second-order valence-corrected chi connectivity index (χ2v) is 4.84. The van der Waals surface area contributed by atoms with E-state index in [1.54, 1.807) is 0 Å². The van der Waals surface area contributed by atoms with Crippen LogP contribution in [-0.2, 0) is 17.6 Å². The quantitative estimate of drug-likeness (QED) is 0.741. The van der Waals surface area contributed by atoms with Gasteiger partial charge in [0.1, 0.15) is 0 Å². The number of amides is 1. The fourth-order valence-corrected chi connectivity index (χ4v) is 2.64. The molecule has 2 rings (SSSR count). The standard InChI is InChI=1S/C16H19NO/c1-3-9-17(10-4-2)16(18)15-11-13-7-5-6-8-14(13)12-15/h1,5-8,15H,4,9-12H2,2H3. The number of terminal acetylenes is 1. The first-order valence-electron chi connectivity index (χ1n) is 6.55. The van der Waals surface area contributed by atoms with Crippen molar-refractivity contribution < 1.29 is 4.79 Å². The molecule has 0 bridgehead atoms. The van der Waals surface area contributed by atoms with Gasteiger partial charge in [0.2, 0.25) is 5.91 Å². The fraction of sp³-hybridized carbons (Fsp3) is 0.438. The topological polar surface area (TPSA) is 20.3 Å². The van der Waals surface area contributed by atoms with Crippen LogP contribution in [0.25, 0.3) is 0 Å². The highest BCUT2D eigenvalue weighted by molar-refractivity contribution is 5.80. The van der Waals surface area contributed by atoms with E-state index in [0.29, 0.717) is 6.54 Å². The minimum absolute atomic E-state index is 0.0855. The van der Waals surface area contributed by atoms with E-state index in [1.807, 2.05) is 17.0 Å². The Kier molecular flexibility index (Phi) is 4.04. The Labute approximate surface area is 109 Å². The summed E-state index contributed by atoms with van der Waals surface area (Å²) >= 11 is 0. The SMILES string of the molecule is C#CCN(CCC)C(=O)C1Cc2ccccc2C1. The van der Waals surface area contributed by atoms with E-state index in [-0.39, 0.29) is 11.8 Å². The molecule has 0 atom stereocenters. The lowest BCUT2D eigenvalue weighted by molar-refractivity contribution is -0.134. The molecule has 2 heteroatoms. The molecule has 0 N–H and O–H groups in total. The summed E-state index contributed by atoms with van der Waals surface area (Å²) in [5.74, 6) is 2.88. The molecule has 0 aromatic heterocycles. The van der Waals surface area contributed by atoms with Crippen molar-refractivity contribution in [3.05, 3.63) is 35.4 Å². The first kappa shape index (κ1) is 12.7. The van der Waals surface area contributed by atoms with Gasteiger partial charge < -0.3 is 4.90 Å².